The van der Waals surface area contributed by atoms with Crippen molar-refractivity contribution >= 4 is 28.4 Å². The molecule has 62 valence electrons. The first kappa shape index (κ1) is 8.83. The molecule has 0 saturated heterocycles. The molecule has 0 aliphatic heterocycles. The van der Waals surface area contributed by atoms with Crippen molar-refractivity contribution in [1.29, 1.82) is 0 Å². The van der Waals surface area contributed by atoms with Crippen LogP contribution in [0.5, 0.6) is 0 Å². The van der Waals surface area contributed by atoms with Gasteiger partial charge in [0.05, 0.1) is 9.26 Å². The van der Waals surface area contributed by atoms with Gasteiger partial charge >= 0.3 is 0 Å². The minimum absolute atomic E-state index is 0.449. The highest BCUT2D eigenvalue weighted by Crippen LogP contribution is 2.24. The van der Waals surface area contributed by atoms with E-state index in [0.717, 1.165) is 15.1 Å². The number of halogens is 1. The second kappa shape index (κ2) is 3.00. The average molecular weight is 265 g/mol. The van der Waals surface area contributed by atoms with Crippen molar-refractivity contribution in [1.82, 2.24) is 9.78 Å². The highest BCUT2D eigenvalue weighted by atomic mass is 127. The van der Waals surface area contributed by atoms with E-state index in [1.165, 1.54) is 0 Å². The number of anilines is 1. The standard InChI is InChI=1S/C7H12IN3/c1-4(2)6-5(8)7(9)11(3)10-6/h4H,9H2,1-3H3. The summed E-state index contributed by atoms with van der Waals surface area (Å²) < 4.78 is 2.80. The van der Waals surface area contributed by atoms with Crippen molar-refractivity contribution in [2.75, 3.05) is 5.73 Å². The summed E-state index contributed by atoms with van der Waals surface area (Å²) in [5.74, 6) is 1.21. The van der Waals surface area contributed by atoms with E-state index in [1.54, 1.807) is 4.68 Å². The largest absolute Gasteiger partial charge is 0.383 e. The molecular formula is C7H12IN3. The number of hydrogen-bond donors (Lipinski definition) is 1. The van der Waals surface area contributed by atoms with Gasteiger partial charge in [0.1, 0.15) is 5.82 Å². The van der Waals surface area contributed by atoms with E-state index in [-0.39, 0.29) is 0 Å². The van der Waals surface area contributed by atoms with Crippen LogP contribution in [0.25, 0.3) is 0 Å². The second-order valence-electron chi connectivity index (χ2n) is 2.86. The summed E-state index contributed by atoms with van der Waals surface area (Å²) in [6.07, 6.45) is 0. The van der Waals surface area contributed by atoms with Gasteiger partial charge in [-0.1, -0.05) is 13.8 Å². The molecule has 0 unspecified atom stereocenters. The Morgan fingerprint density at radius 2 is 2.09 bits per heavy atom. The van der Waals surface area contributed by atoms with Crippen LogP contribution in [-0.4, -0.2) is 9.78 Å². The molecule has 1 aromatic heterocycles. The fraction of sp³-hybridized carbons (Fsp3) is 0.571. The van der Waals surface area contributed by atoms with Gasteiger partial charge in [-0.2, -0.15) is 5.10 Å². The molecule has 4 heteroatoms. The van der Waals surface area contributed by atoms with Crippen LogP contribution < -0.4 is 5.73 Å². The lowest BCUT2D eigenvalue weighted by molar-refractivity contribution is 0.718. The molecule has 0 radical (unpaired) electrons. The molecule has 1 aromatic rings. The molecule has 0 aromatic carbocycles. The zero-order valence-corrected chi connectivity index (χ0v) is 9.08. The maximum absolute atomic E-state index is 5.73. The fourth-order valence-corrected chi connectivity index (χ4v) is 1.98. The highest BCUT2D eigenvalue weighted by molar-refractivity contribution is 14.1. The van der Waals surface area contributed by atoms with Crippen molar-refractivity contribution in [3.63, 3.8) is 0 Å². The van der Waals surface area contributed by atoms with Crippen LogP contribution >= 0.6 is 22.6 Å². The van der Waals surface area contributed by atoms with E-state index in [0.29, 0.717) is 5.92 Å². The number of nitrogens with two attached hydrogens (primary N) is 1. The maximum Gasteiger partial charge on any atom is 0.135 e. The highest BCUT2D eigenvalue weighted by Gasteiger charge is 2.12. The molecule has 0 aliphatic carbocycles. The van der Waals surface area contributed by atoms with Gasteiger partial charge in [0.15, 0.2) is 0 Å². The fourth-order valence-electron chi connectivity index (χ4n) is 0.902. The lowest BCUT2D eigenvalue weighted by Gasteiger charge is -1.98. The number of rotatable bonds is 1. The van der Waals surface area contributed by atoms with Crippen LogP contribution in [0.15, 0.2) is 0 Å². The molecular weight excluding hydrogens is 253 g/mol. The minimum atomic E-state index is 0.449. The Morgan fingerprint density at radius 3 is 2.27 bits per heavy atom. The molecule has 11 heavy (non-hydrogen) atoms. The molecule has 0 atom stereocenters. The summed E-state index contributed by atoms with van der Waals surface area (Å²) in [5.41, 5.74) is 6.82. The van der Waals surface area contributed by atoms with E-state index < -0.39 is 0 Å². The summed E-state index contributed by atoms with van der Waals surface area (Å²) in [5, 5.41) is 4.29. The van der Waals surface area contributed by atoms with Gasteiger partial charge < -0.3 is 5.73 Å². The first-order valence-electron chi connectivity index (χ1n) is 3.52. The van der Waals surface area contributed by atoms with E-state index in [1.807, 2.05) is 7.05 Å². The normalized spacial score (nSPS) is 11.0. The third-order valence-electron chi connectivity index (χ3n) is 1.60. The van der Waals surface area contributed by atoms with E-state index in [2.05, 4.69) is 41.5 Å². The molecule has 0 saturated carbocycles. The van der Waals surface area contributed by atoms with Gasteiger partial charge in [-0.25, -0.2) is 0 Å². The van der Waals surface area contributed by atoms with E-state index in [9.17, 15) is 0 Å². The number of aryl methyl sites for hydroxylation is 1. The summed E-state index contributed by atoms with van der Waals surface area (Å²) in [6.45, 7) is 4.23. The van der Waals surface area contributed by atoms with Gasteiger partial charge in [0, 0.05) is 7.05 Å². The van der Waals surface area contributed by atoms with Gasteiger partial charge in [0.2, 0.25) is 0 Å². The number of nitrogen functional groups attached to an aromatic ring is 1. The molecule has 1 rings (SSSR count). The Bertz CT molecular complexity index is 265. The molecule has 2 N–H and O–H groups in total. The van der Waals surface area contributed by atoms with E-state index >= 15 is 0 Å². The van der Waals surface area contributed by atoms with Crippen molar-refractivity contribution in [3.05, 3.63) is 9.26 Å². The van der Waals surface area contributed by atoms with Gasteiger partial charge in [0.25, 0.3) is 0 Å². The Labute approximate surface area is 80.1 Å². The van der Waals surface area contributed by atoms with Crippen LogP contribution in [0, 0.1) is 3.57 Å². The molecule has 0 bridgehead atoms. The SMILES string of the molecule is CC(C)c1nn(C)c(N)c1I. The van der Waals surface area contributed by atoms with Crippen molar-refractivity contribution in [2.24, 2.45) is 7.05 Å². The Hall–Kier alpha value is -0.260. The number of aromatic nitrogens is 2. The summed E-state index contributed by atoms with van der Waals surface area (Å²) in [6, 6.07) is 0. The maximum atomic E-state index is 5.73. The topological polar surface area (TPSA) is 43.8 Å². The monoisotopic (exact) mass is 265 g/mol. The Morgan fingerprint density at radius 1 is 1.55 bits per heavy atom. The number of nitrogens with zero attached hydrogens (tertiary/aromatic N) is 2. The van der Waals surface area contributed by atoms with Gasteiger partial charge in [-0.05, 0) is 28.5 Å². The molecule has 0 spiro atoms. The molecule has 0 amide bonds. The smallest absolute Gasteiger partial charge is 0.135 e. The number of hydrogen-bond acceptors (Lipinski definition) is 2. The van der Waals surface area contributed by atoms with Crippen LogP contribution in [0.3, 0.4) is 0 Å². The molecule has 0 aliphatic rings. The predicted octanol–water partition coefficient (Wildman–Crippen LogP) is 1.73. The molecule has 0 fully saturated rings. The van der Waals surface area contributed by atoms with Crippen LogP contribution in [-0.2, 0) is 7.05 Å². The van der Waals surface area contributed by atoms with Crippen molar-refractivity contribution in [2.45, 2.75) is 19.8 Å². The minimum Gasteiger partial charge on any atom is -0.383 e. The van der Waals surface area contributed by atoms with Crippen molar-refractivity contribution in [3.8, 4) is 0 Å². The summed E-state index contributed by atoms with van der Waals surface area (Å²) >= 11 is 2.23. The third-order valence-corrected chi connectivity index (χ3v) is 2.71. The third kappa shape index (κ3) is 1.50. The first-order chi connectivity index (χ1) is 5.04. The zero-order valence-electron chi connectivity index (χ0n) is 6.93. The average Bonchev–Trinajstić information content (AvgIpc) is 2.17. The Kier molecular flexibility index (Phi) is 2.41. The molecule has 1 heterocycles. The first-order valence-corrected chi connectivity index (χ1v) is 4.59. The van der Waals surface area contributed by atoms with Crippen molar-refractivity contribution < 1.29 is 0 Å². The lowest BCUT2D eigenvalue weighted by atomic mass is 10.1. The predicted molar refractivity (Wildman–Crippen MR) is 54.4 cm³/mol. The van der Waals surface area contributed by atoms with Crippen LogP contribution in [0.1, 0.15) is 25.5 Å². The van der Waals surface area contributed by atoms with E-state index in [4.69, 9.17) is 5.73 Å². The summed E-state index contributed by atoms with van der Waals surface area (Å²) in [7, 11) is 1.86. The molecule has 3 nitrogen and oxygen atoms in total. The second-order valence-corrected chi connectivity index (χ2v) is 3.94. The Balaban J connectivity index is 3.19. The quantitative estimate of drug-likeness (QED) is 0.786. The lowest BCUT2D eigenvalue weighted by Crippen LogP contribution is -1.97. The summed E-state index contributed by atoms with van der Waals surface area (Å²) in [4.78, 5) is 0. The van der Waals surface area contributed by atoms with Crippen LogP contribution in [0.2, 0.25) is 0 Å². The van der Waals surface area contributed by atoms with Gasteiger partial charge in [-0.3, -0.25) is 4.68 Å². The zero-order chi connectivity index (χ0) is 8.59. The van der Waals surface area contributed by atoms with Gasteiger partial charge in [-0.15, -0.1) is 0 Å². The van der Waals surface area contributed by atoms with Crippen LogP contribution in [0.4, 0.5) is 5.82 Å².